The zero-order valence-corrected chi connectivity index (χ0v) is 12.7. The van der Waals surface area contributed by atoms with Gasteiger partial charge in [0.2, 0.25) is 0 Å². The molecule has 19 heavy (non-hydrogen) atoms. The molecule has 1 aromatic rings. The van der Waals surface area contributed by atoms with Gasteiger partial charge in [-0.05, 0) is 44.5 Å². The lowest BCUT2D eigenvalue weighted by Crippen LogP contribution is -2.17. The molecular formula is C16H27NO2. The smallest absolute Gasteiger partial charge is 0.124 e. The molecule has 1 rings (SSSR count). The van der Waals surface area contributed by atoms with Gasteiger partial charge in [-0.1, -0.05) is 20.3 Å². The molecule has 3 nitrogen and oxygen atoms in total. The summed E-state index contributed by atoms with van der Waals surface area (Å²) in [5.41, 5.74) is 1.16. The molecule has 1 atom stereocenters. The van der Waals surface area contributed by atoms with Crippen molar-refractivity contribution in [2.45, 2.75) is 52.7 Å². The summed E-state index contributed by atoms with van der Waals surface area (Å²) in [5.74, 6) is 1.84. The van der Waals surface area contributed by atoms with Gasteiger partial charge in [-0.15, -0.1) is 0 Å². The maximum atomic E-state index is 6.02. The van der Waals surface area contributed by atoms with Crippen LogP contribution in [0.3, 0.4) is 0 Å². The first-order valence-electron chi connectivity index (χ1n) is 7.25. The Hall–Kier alpha value is -1.22. The molecule has 0 aliphatic rings. The SMILES string of the molecule is CCCNCc1cc(OC)ccc1OC(C)CCC. The molecule has 108 valence electrons. The van der Waals surface area contributed by atoms with Crippen LogP contribution < -0.4 is 14.8 Å². The molecule has 0 aliphatic heterocycles. The second-order valence-electron chi connectivity index (χ2n) is 4.87. The highest BCUT2D eigenvalue weighted by Crippen LogP contribution is 2.25. The molecule has 1 unspecified atom stereocenters. The highest BCUT2D eigenvalue weighted by molar-refractivity contribution is 5.40. The van der Waals surface area contributed by atoms with Gasteiger partial charge in [0.15, 0.2) is 0 Å². The van der Waals surface area contributed by atoms with Crippen molar-refractivity contribution < 1.29 is 9.47 Å². The van der Waals surface area contributed by atoms with Crippen molar-refractivity contribution >= 4 is 0 Å². The molecule has 1 N–H and O–H groups in total. The second kappa shape index (κ2) is 8.81. The van der Waals surface area contributed by atoms with E-state index < -0.39 is 0 Å². The van der Waals surface area contributed by atoms with Gasteiger partial charge in [0, 0.05) is 12.1 Å². The number of nitrogens with one attached hydrogen (secondary N) is 1. The molecule has 0 amide bonds. The Morgan fingerprint density at radius 2 is 2.00 bits per heavy atom. The molecule has 3 heteroatoms. The van der Waals surface area contributed by atoms with Crippen LogP contribution in [0.4, 0.5) is 0 Å². The van der Waals surface area contributed by atoms with Gasteiger partial charge in [0.25, 0.3) is 0 Å². The summed E-state index contributed by atoms with van der Waals surface area (Å²) >= 11 is 0. The van der Waals surface area contributed by atoms with E-state index in [9.17, 15) is 0 Å². The largest absolute Gasteiger partial charge is 0.497 e. The summed E-state index contributed by atoms with van der Waals surface area (Å²) in [6.07, 6.45) is 3.60. The molecule has 0 bridgehead atoms. The zero-order valence-electron chi connectivity index (χ0n) is 12.7. The summed E-state index contributed by atoms with van der Waals surface area (Å²) in [4.78, 5) is 0. The maximum absolute atomic E-state index is 6.02. The van der Waals surface area contributed by atoms with Crippen LogP contribution in [0, 0.1) is 0 Å². The fraction of sp³-hybridized carbons (Fsp3) is 0.625. The molecule has 0 heterocycles. The standard InChI is InChI=1S/C16H27NO2/c1-5-7-13(3)19-16-9-8-15(18-4)11-14(16)12-17-10-6-2/h8-9,11,13,17H,5-7,10,12H2,1-4H3. The first kappa shape index (κ1) is 15.8. The van der Waals surface area contributed by atoms with Gasteiger partial charge in [0.05, 0.1) is 13.2 Å². The Balaban J connectivity index is 2.76. The van der Waals surface area contributed by atoms with Crippen molar-refractivity contribution in [3.63, 3.8) is 0 Å². The van der Waals surface area contributed by atoms with Crippen LogP contribution in [0.5, 0.6) is 11.5 Å². The third kappa shape index (κ3) is 5.52. The van der Waals surface area contributed by atoms with Gasteiger partial charge in [0.1, 0.15) is 11.5 Å². The van der Waals surface area contributed by atoms with Crippen LogP contribution >= 0.6 is 0 Å². The number of ether oxygens (including phenoxy) is 2. The molecule has 0 aliphatic carbocycles. The first-order chi connectivity index (χ1) is 9.21. The summed E-state index contributed by atoms with van der Waals surface area (Å²) in [5, 5.41) is 3.41. The van der Waals surface area contributed by atoms with Crippen LogP contribution in [0.2, 0.25) is 0 Å². The lowest BCUT2D eigenvalue weighted by atomic mass is 10.1. The molecule has 0 spiro atoms. The number of rotatable bonds is 9. The summed E-state index contributed by atoms with van der Waals surface area (Å²) in [6.45, 7) is 8.30. The van der Waals surface area contributed by atoms with Crippen molar-refractivity contribution in [1.29, 1.82) is 0 Å². The van der Waals surface area contributed by atoms with E-state index in [1.165, 1.54) is 0 Å². The molecule has 0 saturated carbocycles. The zero-order chi connectivity index (χ0) is 14.1. The Morgan fingerprint density at radius 1 is 1.21 bits per heavy atom. The Bertz CT molecular complexity index is 366. The highest BCUT2D eigenvalue weighted by atomic mass is 16.5. The van der Waals surface area contributed by atoms with Crippen molar-refractivity contribution in [1.82, 2.24) is 5.32 Å². The predicted molar refractivity (Wildman–Crippen MR) is 80.0 cm³/mol. The Morgan fingerprint density at radius 3 is 2.63 bits per heavy atom. The second-order valence-corrected chi connectivity index (χ2v) is 4.87. The highest BCUT2D eigenvalue weighted by Gasteiger charge is 2.09. The van der Waals surface area contributed by atoms with Crippen LogP contribution in [-0.2, 0) is 6.54 Å². The molecule has 0 radical (unpaired) electrons. The van der Waals surface area contributed by atoms with Crippen LogP contribution in [0.15, 0.2) is 18.2 Å². The van der Waals surface area contributed by atoms with Gasteiger partial charge in [-0.3, -0.25) is 0 Å². The van der Waals surface area contributed by atoms with E-state index in [4.69, 9.17) is 9.47 Å². The Labute approximate surface area is 117 Å². The lowest BCUT2D eigenvalue weighted by molar-refractivity contribution is 0.207. The number of methoxy groups -OCH3 is 1. The monoisotopic (exact) mass is 265 g/mol. The van der Waals surface area contributed by atoms with Crippen molar-refractivity contribution in [2.75, 3.05) is 13.7 Å². The van der Waals surface area contributed by atoms with Gasteiger partial charge < -0.3 is 14.8 Å². The minimum atomic E-state index is 0.253. The lowest BCUT2D eigenvalue weighted by Gasteiger charge is -2.18. The van der Waals surface area contributed by atoms with E-state index >= 15 is 0 Å². The third-order valence-corrected chi connectivity index (χ3v) is 3.03. The molecule has 1 aromatic carbocycles. The van der Waals surface area contributed by atoms with E-state index in [1.807, 2.05) is 12.1 Å². The van der Waals surface area contributed by atoms with Crippen molar-refractivity contribution in [3.05, 3.63) is 23.8 Å². The average molecular weight is 265 g/mol. The minimum Gasteiger partial charge on any atom is -0.497 e. The molecule has 0 fully saturated rings. The van der Waals surface area contributed by atoms with Gasteiger partial charge in [-0.2, -0.15) is 0 Å². The summed E-state index contributed by atoms with van der Waals surface area (Å²) in [7, 11) is 1.69. The molecule has 0 saturated heterocycles. The number of benzene rings is 1. The predicted octanol–water partition coefficient (Wildman–Crippen LogP) is 3.76. The van der Waals surface area contributed by atoms with E-state index in [2.05, 4.69) is 32.2 Å². The normalized spacial score (nSPS) is 12.2. The summed E-state index contributed by atoms with van der Waals surface area (Å²) in [6, 6.07) is 6.02. The van der Waals surface area contributed by atoms with Crippen LogP contribution in [0.25, 0.3) is 0 Å². The quantitative estimate of drug-likeness (QED) is 0.690. The number of hydrogen-bond donors (Lipinski definition) is 1. The van der Waals surface area contributed by atoms with Gasteiger partial charge >= 0.3 is 0 Å². The van der Waals surface area contributed by atoms with Crippen molar-refractivity contribution in [3.8, 4) is 11.5 Å². The van der Waals surface area contributed by atoms with E-state index in [0.29, 0.717) is 0 Å². The fourth-order valence-electron chi connectivity index (χ4n) is 2.02. The van der Waals surface area contributed by atoms with Crippen LogP contribution in [-0.4, -0.2) is 19.8 Å². The maximum Gasteiger partial charge on any atom is 0.124 e. The first-order valence-corrected chi connectivity index (χ1v) is 7.25. The van der Waals surface area contributed by atoms with Crippen molar-refractivity contribution in [2.24, 2.45) is 0 Å². The molecule has 0 aromatic heterocycles. The fourth-order valence-corrected chi connectivity index (χ4v) is 2.02. The minimum absolute atomic E-state index is 0.253. The number of hydrogen-bond acceptors (Lipinski definition) is 3. The summed E-state index contributed by atoms with van der Waals surface area (Å²) < 4.78 is 11.3. The third-order valence-electron chi connectivity index (χ3n) is 3.03. The van der Waals surface area contributed by atoms with Crippen LogP contribution in [0.1, 0.15) is 45.6 Å². The van der Waals surface area contributed by atoms with E-state index in [1.54, 1.807) is 7.11 Å². The Kier molecular flexibility index (Phi) is 7.34. The molecular weight excluding hydrogens is 238 g/mol. The van der Waals surface area contributed by atoms with E-state index in [0.717, 1.165) is 49.4 Å². The van der Waals surface area contributed by atoms with E-state index in [-0.39, 0.29) is 6.10 Å². The average Bonchev–Trinajstić information content (AvgIpc) is 2.41. The van der Waals surface area contributed by atoms with Gasteiger partial charge in [-0.25, -0.2) is 0 Å². The topological polar surface area (TPSA) is 30.5 Å².